The molecule has 0 aliphatic heterocycles. The molecule has 0 aromatic heterocycles. The van der Waals surface area contributed by atoms with E-state index < -0.39 is 0 Å². The van der Waals surface area contributed by atoms with Crippen LogP contribution in [0.3, 0.4) is 0 Å². The van der Waals surface area contributed by atoms with Crippen LogP contribution >= 0.6 is 12.4 Å². The van der Waals surface area contributed by atoms with Crippen LogP contribution < -0.4 is 0 Å². The van der Waals surface area contributed by atoms with Gasteiger partial charge in [-0.15, -0.1) is 12.4 Å². The molecule has 8 heavy (non-hydrogen) atoms. The molecule has 0 N–H and O–H groups in total. The Morgan fingerprint density at radius 3 is 1.50 bits per heavy atom. The highest BCUT2D eigenvalue weighted by molar-refractivity contribution is 5.85. The van der Waals surface area contributed by atoms with Crippen molar-refractivity contribution < 1.29 is 4.65 Å². The molecule has 0 radical (unpaired) electrons. The molecule has 0 unspecified atom stereocenters. The van der Waals surface area contributed by atoms with Crippen LogP contribution in [0, 0.1) is 5.21 Å². The van der Waals surface area contributed by atoms with E-state index in [1.54, 1.807) is 7.05 Å². The van der Waals surface area contributed by atoms with E-state index in [4.69, 9.17) is 0 Å². The van der Waals surface area contributed by atoms with E-state index in [0.29, 0.717) is 13.1 Å². The van der Waals surface area contributed by atoms with E-state index in [0.717, 1.165) is 0 Å². The summed E-state index contributed by atoms with van der Waals surface area (Å²) in [6.45, 7) is 5.15. The van der Waals surface area contributed by atoms with Crippen LogP contribution in [0.4, 0.5) is 0 Å². The Hall–Kier alpha value is 0.210. The zero-order chi connectivity index (χ0) is 5.91. The molecule has 0 aromatic carbocycles. The maximum absolute atomic E-state index is 10.8. The molecule has 2 nitrogen and oxygen atoms in total. The van der Waals surface area contributed by atoms with Crippen molar-refractivity contribution in [3.05, 3.63) is 5.21 Å². The van der Waals surface area contributed by atoms with Crippen molar-refractivity contribution in [1.29, 1.82) is 0 Å². The number of halogens is 1. The lowest BCUT2D eigenvalue weighted by molar-refractivity contribution is -0.856. The molecule has 0 saturated carbocycles. The van der Waals surface area contributed by atoms with Gasteiger partial charge < -0.3 is 9.85 Å². The Morgan fingerprint density at radius 1 is 1.25 bits per heavy atom. The first-order valence-corrected chi connectivity index (χ1v) is 2.68. The summed E-state index contributed by atoms with van der Waals surface area (Å²) in [5.74, 6) is 0. The monoisotopic (exact) mass is 139 g/mol. The summed E-state index contributed by atoms with van der Waals surface area (Å²) in [5, 5.41) is 10.8. The smallest absolute Gasteiger partial charge is 0.0753 e. The van der Waals surface area contributed by atoms with Gasteiger partial charge in [0.1, 0.15) is 0 Å². The fourth-order valence-corrected chi connectivity index (χ4v) is 0.224. The second kappa shape index (κ2) is 4.13. The molecule has 0 bridgehead atoms. The normalized spacial score (nSPS) is 10.5. The Balaban J connectivity index is 0. The van der Waals surface area contributed by atoms with Gasteiger partial charge in [0.05, 0.1) is 20.1 Å². The van der Waals surface area contributed by atoms with Crippen LogP contribution in [-0.4, -0.2) is 24.8 Å². The average molecular weight is 140 g/mol. The molecule has 0 atom stereocenters. The van der Waals surface area contributed by atoms with Gasteiger partial charge >= 0.3 is 0 Å². The van der Waals surface area contributed by atoms with E-state index in [9.17, 15) is 5.21 Å². The molecule has 0 saturated heterocycles. The molecule has 0 fully saturated rings. The van der Waals surface area contributed by atoms with E-state index in [-0.39, 0.29) is 17.1 Å². The Bertz CT molecular complexity index is 50.4. The Kier molecular flexibility index (Phi) is 5.71. The largest absolute Gasteiger partial charge is 0.633 e. The molecule has 0 aromatic rings. The molecular formula is C5H14ClNO. The number of hydrogen-bond donors (Lipinski definition) is 0. The molecule has 0 heterocycles. The van der Waals surface area contributed by atoms with Crippen molar-refractivity contribution in [3.63, 3.8) is 0 Å². The zero-order valence-electron chi connectivity index (χ0n) is 5.68. The minimum absolute atomic E-state index is 0. The van der Waals surface area contributed by atoms with Gasteiger partial charge in [0.2, 0.25) is 0 Å². The van der Waals surface area contributed by atoms with Crippen LogP contribution in [0.1, 0.15) is 13.8 Å². The summed E-state index contributed by atoms with van der Waals surface area (Å²) >= 11 is 0. The van der Waals surface area contributed by atoms with Crippen molar-refractivity contribution in [3.8, 4) is 0 Å². The summed E-state index contributed by atoms with van der Waals surface area (Å²) in [6.07, 6.45) is 0. The fourth-order valence-electron chi connectivity index (χ4n) is 0.224. The highest BCUT2D eigenvalue weighted by atomic mass is 35.5. The van der Waals surface area contributed by atoms with Crippen molar-refractivity contribution in [1.82, 2.24) is 0 Å². The van der Waals surface area contributed by atoms with Gasteiger partial charge in [0, 0.05) is 0 Å². The molecule has 3 heteroatoms. The first-order valence-electron chi connectivity index (χ1n) is 2.68. The molecule has 0 aliphatic rings. The lowest BCUT2D eigenvalue weighted by atomic mass is 10.6. The van der Waals surface area contributed by atoms with Gasteiger partial charge in [-0.2, -0.15) is 0 Å². The maximum Gasteiger partial charge on any atom is 0.0753 e. The third-order valence-corrected chi connectivity index (χ3v) is 1.34. The van der Waals surface area contributed by atoms with Crippen molar-refractivity contribution in [2.24, 2.45) is 0 Å². The molecule has 0 amide bonds. The summed E-state index contributed by atoms with van der Waals surface area (Å²) in [4.78, 5) is 0. The highest BCUT2D eigenvalue weighted by Crippen LogP contribution is 1.93. The molecule has 52 valence electrons. The van der Waals surface area contributed by atoms with E-state index in [1.165, 1.54) is 0 Å². The summed E-state index contributed by atoms with van der Waals surface area (Å²) in [6, 6.07) is 0. The standard InChI is InChI=1S/C5H13NO.ClH/c1-4-6(3,7)5-2;/h4-5H2,1-3H3;1H. The molecule has 0 rings (SSSR count). The van der Waals surface area contributed by atoms with Gasteiger partial charge in [0.15, 0.2) is 0 Å². The van der Waals surface area contributed by atoms with E-state index >= 15 is 0 Å². The van der Waals surface area contributed by atoms with Crippen molar-refractivity contribution in [2.45, 2.75) is 13.8 Å². The quantitative estimate of drug-likeness (QED) is 0.419. The number of quaternary nitrogens is 1. The van der Waals surface area contributed by atoms with Crippen LogP contribution in [0.2, 0.25) is 0 Å². The first kappa shape index (κ1) is 11.1. The highest BCUT2D eigenvalue weighted by Gasteiger charge is 1.98. The second-order valence-corrected chi connectivity index (χ2v) is 1.93. The van der Waals surface area contributed by atoms with Crippen LogP contribution in [-0.2, 0) is 0 Å². The van der Waals surface area contributed by atoms with Crippen molar-refractivity contribution >= 4 is 12.4 Å². The zero-order valence-corrected chi connectivity index (χ0v) is 6.49. The number of hydrogen-bond acceptors (Lipinski definition) is 1. The van der Waals surface area contributed by atoms with Gasteiger partial charge in [-0.1, -0.05) is 0 Å². The SMILES string of the molecule is CC[N+](C)([O-])CC.Cl. The van der Waals surface area contributed by atoms with Gasteiger partial charge in [0.25, 0.3) is 0 Å². The second-order valence-electron chi connectivity index (χ2n) is 1.93. The number of hydroxylamine groups is 3. The lowest BCUT2D eigenvalue weighted by Gasteiger charge is -2.35. The Morgan fingerprint density at radius 2 is 1.50 bits per heavy atom. The fraction of sp³-hybridized carbons (Fsp3) is 1.00. The number of rotatable bonds is 2. The minimum atomic E-state index is -0.111. The van der Waals surface area contributed by atoms with Crippen LogP contribution in [0.25, 0.3) is 0 Å². The first-order chi connectivity index (χ1) is 3.12. The third kappa shape index (κ3) is 4.37. The minimum Gasteiger partial charge on any atom is -0.633 e. The summed E-state index contributed by atoms with van der Waals surface area (Å²) < 4.78 is -0.111. The van der Waals surface area contributed by atoms with Gasteiger partial charge in [-0.25, -0.2) is 0 Å². The average Bonchev–Trinajstić information content (AvgIpc) is 1.68. The van der Waals surface area contributed by atoms with E-state index in [1.807, 2.05) is 13.8 Å². The lowest BCUT2D eigenvalue weighted by Crippen LogP contribution is -2.36. The maximum atomic E-state index is 10.8. The van der Waals surface area contributed by atoms with Crippen LogP contribution in [0.15, 0.2) is 0 Å². The van der Waals surface area contributed by atoms with Gasteiger partial charge in [-0.3, -0.25) is 0 Å². The van der Waals surface area contributed by atoms with Gasteiger partial charge in [-0.05, 0) is 13.8 Å². The molecule has 0 aliphatic carbocycles. The predicted molar refractivity (Wildman–Crippen MR) is 37.9 cm³/mol. The topological polar surface area (TPSA) is 23.1 Å². The predicted octanol–water partition coefficient (Wildman–Crippen LogP) is 1.39. The Labute approximate surface area is 57.1 Å². The molecular weight excluding hydrogens is 126 g/mol. The number of nitrogens with zero attached hydrogens (tertiary/aromatic N) is 1. The third-order valence-electron chi connectivity index (χ3n) is 1.34. The molecule has 0 spiro atoms. The van der Waals surface area contributed by atoms with Crippen LogP contribution in [0.5, 0.6) is 0 Å². The summed E-state index contributed by atoms with van der Waals surface area (Å²) in [5.41, 5.74) is 0. The van der Waals surface area contributed by atoms with Crippen molar-refractivity contribution in [2.75, 3.05) is 20.1 Å². The summed E-state index contributed by atoms with van der Waals surface area (Å²) in [7, 11) is 1.68. The van der Waals surface area contributed by atoms with E-state index in [2.05, 4.69) is 0 Å².